The van der Waals surface area contributed by atoms with Gasteiger partial charge in [0.2, 0.25) is 0 Å². The van der Waals surface area contributed by atoms with Gasteiger partial charge in [0, 0.05) is 39.6 Å². The average molecular weight is 580 g/mol. The van der Waals surface area contributed by atoms with E-state index in [9.17, 15) is 0 Å². The molecule has 3 heteroatoms. The van der Waals surface area contributed by atoms with Gasteiger partial charge < -0.3 is 15.5 Å². The van der Waals surface area contributed by atoms with Gasteiger partial charge in [-0.3, -0.25) is 0 Å². The summed E-state index contributed by atoms with van der Waals surface area (Å²) in [6.45, 7) is 0. The zero-order chi connectivity index (χ0) is 30.3. The Morgan fingerprint density at radius 3 is 1.22 bits per heavy atom. The van der Waals surface area contributed by atoms with Gasteiger partial charge in [-0.15, -0.1) is 0 Å². The van der Waals surface area contributed by atoms with Crippen LogP contribution in [0, 0.1) is 0 Å². The van der Waals surface area contributed by atoms with E-state index in [1.807, 2.05) is 18.2 Å². The van der Waals surface area contributed by atoms with Crippen molar-refractivity contribution in [2.75, 3.05) is 15.5 Å². The molecule has 0 fully saturated rings. The van der Waals surface area contributed by atoms with Crippen LogP contribution in [0.15, 0.2) is 188 Å². The van der Waals surface area contributed by atoms with Crippen LogP contribution in [-0.4, -0.2) is 0 Å². The lowest BCUT2D eigenvalue weighted by atomic mass is 9.95. The fourth-order valence-corrected chi connectivity index (χ4v) is 5.72. The van der Waals surface area contributed by atoms with Gasteiger partial charge in [-0.2, -0.15) is 0 Å². The largest absolute Gasteiger partial charge is 0.355 e. The standard InChI is InChI=1S/C42H33N3/c1-6-17-32(18-7-1)40-27-16-28-41(33-19-8-2-9-20-33)42(40)44-36-29-35(43-34-21-10-3-11-22-34)30-39(31-36)45(37-23-12-4-13-24-37)38-25-14-5-15-26-38/h1-31,43-44H. The molecule has 0 aliphatic rings. The van der Waals surface area contributed by atoms with Crippen LogP contribution in [0.4, 0.5) is 39.8 Å². The van der Waals surface area contributed by atoms with Crippen LogP contribution in [-0.2, 0) is 0 Å². The van der Waals surface area contributed by atoms with E-state index in [4.69, 9.17) is 0 Å². The highest BCUT2D eigenvalue weighted by Gasteiger charge is 2.17. The van der Waals surface area contributed by atoms with Crippen molar-refractivity contribution in [1.82, 2.24) is 0 Å². The molecule has 0 unspecified atom stereocenters. The number of nitrogens with one attached hydrogen (secondary N) is 2. The maximum absolute atomic E-state index is 3.90. The number of para-hydroxylation sites is 4. The summed E-state index contributed by atoms with van der Waals surface area (Å²) in [7, 11) is 0. The summed E-state index contributed by atoms with van der Waals surface area (Å²) in [5.74, 6) is 0. The first kappa shape index (κ1) is 27.8. The molecule has 7 aromatic carbocycles. The van der Waals surface area contributed by atoms with Gasteiger partial charge >= 0.3 is 0 Å². The number of benzene rings is 7. The van der Waals surface area contributed by atoms with Crippen molar-refractivity contribution in [3.05, 3.63) is 188 Å². The van der Waals surface area contributed by atoms with Crippen LogP contribution >= 0.6 is 0 Å². The summed E-state index contributed by atoms with van der Waals surface area (Å²) in [6.07, 6.45) is 0. The first-order valence-electron chi connectivity index (χ1n) is 15.2. The molecule has 0 aromatic heterocycles. The molecule has 0 atom stereocenters. The first-order valence-corrected chi connectivity index (χ1v) is 15.2. The Morgan fingerprint density at radius 2 is 0.733 bits per heavy atom. The van der Waals surface area contributed by atoms with E-state index in [0.29, 0.717) is 0 Å². The molecule has 0 aliphatic carbocycles. The number of anilines is 7. The van der Waals surface area contributed by atoms with Crippen LogP contribution in [0.1, 0.15) is 0 Å². The lowest BCUT2D eigenvalue weighted by Gasteiger charge is -2.27. The lowest BCUT2D eigenvalue weighted by Crippen LogP contribution is -2.10. The Morgan fingerprint density at radius 1 is 0.311 bits per heavy atom. The molecule has 216 valence electrons. The molecule has 0 spiro atoms. The van der Waals surface area contributed by atoms with Crippen LogP contribution in [0.25, 0.3) is 22.3 Å². The zero-order valence-corrected chi connectivity index (χ0v) is 24.8. The van der Waals surface area contributed by atoms with Crippen molar-refractivity contribution in [3.63, 3.8) is 0 Å². The fourth-order valence-electron chi connectivity index (χ4n) is 5.72. The summed E-state index contributed by atoms with van der Waals surface area (Å²) in [5.41, 5.74) is 11.9. The minimum atomic E-state index is 0.975. The monoisotopic (exact) mass is 579 g/mol. The Kier molecular flexibility index (Phi) is 8.06. The highest BCUT2D eigenvalue weighted by molar-refractivity contribution is 5.94. The normalized spacial score (nSPS) is 10.7. The van der Waals surface area contributed by atoms with Crippen molar-refractivity contribution in [2.24, 2.45) is 0 Å². The molecule has 45 heavy (non-hydrogen) atoms. The molecule has 0 amide bonds. The molecule has 2 N–H and O–H groups in total. The SMILES string of the molecule is c1ccc(Nc2cc(Nc3c(-c4ccccc4)cccc3-c3ccccc3)cc(N(c3ccccc3)c3ccccc3)c2)cc1. The maximum atomic E-state index is 3.90. The summed E-state index contributed by atoms with van der Waals surface area (Å²) < 4.78 is 0. The highest BCUT2D eigenvalue weighted by Crippen LogP contribution is 2.42. The van der Waals surface area contributed by atoms with Gasteiger partial charge in [-0.05, 0) is 65.7 Å². The molecule has 7 rings (SSSR count). The van der Waals surface area contributed by atoms with E-state index in [2.05, 4.69) is 185 Å². The molecular weight excluding hydrogens is 546 g/mol. The van der Waals surface area contributed by atoms with Crippen molar-refractivity contribution < 1.29 is 0 Å². The van der Waals surface area contributed by atoms with E-state index in [-0.39, 0.29) is 0 Å². The second-order valence-electron chi connectivity index (χ2n) is 10.9. The predicted octanol–water partition coefficient (Wildman–Crippen LogP) is 12.0. The van der Waals surface area contributed by atoms with Crippen molar-refractivity contribution in [2.45, 2.75) is 0 Å². The van der Waals surface area contributed by atoms with E-state index < -0.39 is 0 Å². The van der Waals surface area contributed by atoms with E-state index in [1.54, 1.807) is 0 Å². The Bertz CT molecular complexity index is 1880. The van der Waals surface area contributed by atoms with Gasteiger partial charge in [0.15, 0.2) is 0 Å². The molecule has 0 bridgehead atoms. The summed E-state index contributed by atoms with van der Waals surface area (Å²) >= 11 is 0. The van der Waals surface area contributed by atoms with Crippen LogP contribution in [0.3, 0.4) is 0 Å². The van der Waals surface area contributed by atoms with Gasteiger partial charge in [-0.1, -0.05) is 133 Å². The van der Waals surface area contributed by atoms with Crippen LogP contribution < -0.4 is 15.5 Å². The summed E-state index contributed by atoms with van der Waals surface area (Å²) in [5, 5.41) is 7.55. The maximum Gasteiger partial charge on any atom is 0.0543 e. The quantitative estimate of drug-likeness (QED) is 0.178. The van der Waals surface area contributed by atoms with E-state index in [1.165, 1.54) is 0 Å². The average Bonchev–Trinajstić information content (AvgIpc) is 3.11. The smallest absolute Gasteiger partial charge is 0.0543 e. The van der Waals surface area contributed by atoms with Gasteiger partial charge in [-0.25, -0.2) is 0 Å². The number of rotatable bonds is 9. The first-order chi connectivity index (χ1) is 22.3. The minimum absolute atomic E-state index is 0.975. The van der Waals surface area contributed by atoms with Crippen molar-refractivity contribution in [1.29, 1.82) is 0 Å². The number of hydrogen-bond donors (Lipinski definition) is 2. The van der Waals surface area contributed by atoms with Gasteiger partial charge in [0.25, 0.3) is 0 Å². The zero-order valence-electron chi connectivity index (χ0n) is 24.8. The van der Waals surface area contributed by atoms with Crippen molar-refractivity contribution >= 4 is 39.8 Å². The Hall–Kier alpha value is -6.06. The predicted molar refractivity (Wildman–Crippen MR) is 191 cm³/mol. The van der Waals surface area contributed by atoms with Gasteiger partial charge in [0.05, 0.1) is 11.4 Å². The highest BCUT2D eigenvalue weighted by atomic mass is 15.1. The van der Waals surface area contributed by atoms with Crippen LogP contribution in [0.5, 0.6) is 0 Å². The third-order valence-corrected chi connectivity index (χ3v) is 7.77. The van der Waals surface area contributed by atoms with E-state index in [0.717, 1.165) is 62.1 Å². The van der Waals surface area contributed by atoms with Crippen molar-refractivity contribution in [3.8, 4) is 22.3 Å². The second kappa shape index (κ2) is 13.1. The summed E-state index contributed by atoms with van der Waals surface area (Å²) in [4.78, 5) is 2.29. The third kappa shape index (κ3) is 6.34. The molecule has 0 saturated carbocycles. The molecule has 0 heterocycles. The Balaban J connectivity index is 1.41. The molecule has 0 aliphatic heterocycles. The molecule has 0 radical (unpaired) electrons. The van der Waals surface area contributed by atoms with Gasteiger partial charge in [0.1, 0.15) is 0 Å². The summed E-state index contributed by atoms with van der Waals surface area (Å²) in [6, 6.07) is 65.6. The second-order valence-corrected chi connectivity index (χ2v) is 10.9. The number of hydrogen-bond acceptors (Lipinski definition) is 3. The van der Waals surface area contributed by atoms with Crippen LogP contribution in [0.2, 0.25) is 0 Å². The van der Waals surface area contributed by atoms with E-state index >= 15 is 0 Å². The molecule has 0 saturated heterocycles. The minimum Gasteiger partial charge on any atom is -0.355 e. The number of nitrogens with zero attached hydrogens (tertiary/aromatic N) is 1. The molecule has 3 nitrogen and oxygen atoms in total. The third-order valence-electron chi connectivity index (χ3n) is 7.77. The molecular formula is C42H33N3. The topological polar surface area (TPSA) is 27.3 Å². The molecule has 7 aromatic rings. The fraction of sp³-hybridized carbons (Fsp3) is 0. The Labute approximate surface area is 265 Å². The lowest BCUT2D eigenvalue weighted by molar-refractivity contribution is 1.28.